The normalized spacial score (nSPS) is 22.3. The van der Waals surface area contributed by atoms with Crippen LogP contribution in [-0.4, -0.2) is 60.7 Å². The molecule has 25 heavy (non-hydrogen) atoms. The van der Waals surface area contributed by atoms with Crippen LogP contribution in [-0.2, 0) is 4.74 Å². The zero-order valence-corrected chi connectivity index (χ0v) is 14.2. The lowest BCUT2D eigenvalue weighted by Crippen LogP contribution is -2.35. The van der Waals surface area contributed by atoms with Gasteiger partial charge in [0.1, 0.15) is 10.9 Å². The molecule has 134 valence electrons. The zero-order chi connectivity index (χ0) is 17.6. The molecule has 2 fully saturated rings. The average molecular weight is 346 g/mol. The van der Waals surface area contributed by atoms with E-state index in [0.717, 1.165) is 37.4 Å². The lowest BCUT2D eigenvalue weighted by atomic mass is 10.1. The molecular formula is C17H22N4O4. The predicted molar refractivity (Wildman–Crippen MR) is 93.7 cm³/mol. The minimum Gasteiger partial charge on any atom is -0.497 e. The largest absolute Gasteiger partial charge is 0.497 e. The van der Waals surface area contributed by atoms with Gasteiger partial charge in [-0.1, -0.05) is 12.1 Å². The first kappa shape index (κ1) is 17.2. The van der Waals surface area contributed by atoms with E-state index in [2.05, 4.69) is 5.10 Å². The van der Waals surface area contributed by atoms with Crippen LogP contribution in [0.25, 0.3) is 6.08 Å². The highest BCUT2D eigenvalue weighted by molar-refractivity contribution is 5.83. The number of hydrogen-bond acceptors (Lipinski definition) is 4. The van der Waals surface area contributed by atoms with Gasteiger partial charge in [-0.3, -0.25) is 0 Å². The average Bonchev–Trinajstić information content (AvgIpc) is 3.25. The summed E-state index contributed by atoms with van der Waals surface area (Å²) in [6.45, 7) is 3.60. The van der Waals surface area contributed by atoms with Gasteiger partial charge in [0.2, 0.25) is 0 Å². The number of hydrazone groups is 1. The number of nitrogens with zero attached hydrogens (tertiary/aromatic N) is 4. The molecule has 1 aromatic rings. The summed E-state index contributed by atoms with van der Waals surface area (Å²) in [5.74, 6) is 1.59. The van der Waals surface area contributed by atoms with Crippen molar-refractivity contribution >= 4 is 12.0 Å². The van der Waals surface area contributed by atoms with Gasteiger partial charge in [-0.05, 0) is 30.2 Å². The second-order valence-corrected chi connectivity index (χ2v) is 6.10. The summed E-state index contributed by atoms with van der Waals surface area (Å²) in [6, 6.07) is 7.62. The van der Waals surface area contributed by atoms with Crippen LogP contribution in [0.3, 0.4) is 0 Å². The van der Waals surface area contributed by atoms with Crippen LogP contribution in [0, 0.1) is 16.0 Å². The smallest absolute Gasteiger partial charge is 0.278 e. The second-order valence-electron chi connectivity index (χ2n) is 6.10. The van der Waals surface area contributed by atoms with Crippen LogP contribution in [0.5, 0.6) is 5.75 Å². The Bertz CT molecular complexity index is 653. The van der Waals surface area contributed by atoms with E-state index in [1.165, 1.54) is 0 Å². The van der Waals surface area contributed by atoms with Crippen molar-refractivity contribution in [3.63, 3.8) is 0 Å². The third-order valence-corrected chi connectivity index (χ3v) is 4.39. The highest BCUT2D eigenvalue weighted by Crippen LogP contribution is 2.19. The molecule has 8 heteroatoms. The summed E-state index contributed by atoms with van der Waals surface area (Å²) in [5.41, 5.74) is 0.990. The van der Waals surface area contributed by atoms with Crippen LogP contribution < -0.4 is 4.74 Å². The fourth-order valence-electron chi connectivity index (χ4n) is 3.05. The summed E-state index contributed by atoms with van der Waals surface area (Å²) in [4.78, 5) is 14.7. The first-order valence-electron chi connectivity index (χ1n) is 8.30. The van der Waals surface area contributed by atoms with Gasteiger partial charge < -0.3 is 19.3 Å². The van der Waals surface area contributed by atoms with E-state index < -0.39 is 5.03 Å². The van der Waals surface area contributed by atoms with Crippen molar-refractivity contribution in [3.05, 3.63) is 46.1 Å². The van der Waals surface area contributed by atoms with Gasteiger partial charge in [0, 0.05) is 38.4 Å². The van der Waals surface area contributed by atoms with E-state index in [1.807, 2.05) is 46.3 Å². The Hall–Kier alpha value is -2.61. The number of rotatable bonds is 6. The minimum atomic E-state index is -0.632. The summed E-state index contributed by atoms with van der Waals surface area (Å²) in [7, 11) is 1.62. The van der Waals surface area contributed by atoms with Crippen LogP contribution >= 0.6 is 0 Å². The van der Waals surface area contributed by atoms with Gasteiger partial charge >= 0.3 is 0 Å². The third-order valence-electron chi connectivity index (χ3n) is 4.39. The predicted octanol–water partition coefficient (Wildman–Crippen LogP) is 1.87. The molecule has 0 aromatic heterocycles. The molecule has 2 heterocycles. The highest BCUT2D eigenvalue weighted by Gasteiger charge is 2.31. The quantitative estimate of drug-likeness (QED) is 0.578. The second kappa shape index (κ2) is 7.98. The lowest BCUT2D eigenvalue weighted by molar-refractivity contribution is -0.486. The van der Waals surface area contributed by atoms with Gasteiger partial charge in [-0.15, -0.1) is 0 Å². The van der Waals surface area contributed by atoms with E-state index in [1.54, 1.807) is 7.11 Å². The van der Waals surface area contributed by atoms with Crippen LogP contribution in [0.4, 0.5) is 0 Å². The van der Waals surface area contributed by atoms with Gasteiger partial charge in [0.15, 0.2) is 5.03 Å². The van der Waals surface area contributed by atoms with Gasteiger partial charge in [0.25, 0.3) is 5.96 Å². The van der Waals surface area contributed by atoms with E-state index in [4.69, 9.17) is 9.47 Å². The maximum absolute atomic E-state index is 10.9. The van der Waals surface area contributed by atoms with Crippen molar-refractivity contribution in [3.8, 4) is 5.75 Å². The van der Waals surface area contributed by atoms with Gasteiger partial charge in [-0.25, -0.2) is 10.1 Å². The molecule has 2 aliphatic rings. The Morgan fingerprint density at radius 3 is 2.84 bits per heavy atom. The maximum Gasteiger partial charge on any atom is 0.278 e. The Balaban J connectivity index is 1.70. The number of hydrogen-bond donors (Lipinski definition) is 0. The SMILES string of the molecule is COc1ccc(C=CN2CCN(CC3CCOC3)C2=N[N+](=O)[O-])cc1. The highest BCUT2D eigenvalue weighted by atomic mass is 16.7. The maximum atomic E-state index is 10.9. The number of benzene rings is 1. The molecule has 0 bridgehead atoms. The molecule has 2 aliphatic heterocycles. The molecule has 0 N–H and O–H groups in total. The lowest BCUT2D eigenvalue weighted by Gasteiger charge is -2.21. The Kier molecular flexibility index (Phi) is 5.49. The van der Waals surface area contributed by atoms with Crippen molar-refractivity contribution < 1.29 is 14.5 Å². The van der Waals surface area contributed by atoms with E-state index >= 15 is 0 Å². The molecule has 0 amide bonds. The van der Waals surface area contributed by atoms with Crippen LogP contribution in [0.1, 0.15) is 12.0 Å². The fourth-order valence-corrected chi connectivity index (χ4v) is 3.05. The van der Waals surface area contributed by atoms with Crippen molar-refractivity contribution in [1.29, 1.82) is 0 Å². The van der Waals surface area contributed by atoms with Crippen molar-refractivity contribution in [1.82, 2.24) is 9.80 Å². The Morgan fingerprint density at radius 2 is 2.20 bits per heavy atom. The first-order chi connectivity index (χ1) is 12.2. The van der Waals surface area contributed by atoms with Gasteiger partial charge in [-0.2, -0.15) is 0 Å². The number of ether oxygens (including phenoxy) is 2. The number of guanidine groups is 1. The van der Waals surface area contributed by atoms with Gasteiger partial charge in [0.05, 0.1) is 13.7 Å². The monoisotopic (exact) mass is 346 g/mol. The molecular weight excluding hydrogens is 324 g/mol. The van der Waals surface area contributed by atoms with Crippen LogP contribution in [0.15, 0.2) is 35.6 Å². The standard InChI is InChI=1S/C17H22N4O4/c1-24-16-4-2-14(3-5-16)6-8-19-9-10-20(17(19)18-21(22)23)12-15-7-11-25-13-15/h2-6,8,15H,7,9-13H2,1H3. The number of nitro groups is 1. The molecule has 1 unspecified atom stereocenters. The number of methoxy groups -OCH3 is 1. The molecule has 2 saturated heterocycles. The summed E-state index contributed by atoms with van der Waals surface area (Å²) in [5, 5.41) is 13.9. The van der Waals surface area contributed by atoms with Crippen molar-refractivity contribution in [2.24, 2.45) is 11.0 Å². The molecule has 0 aliphatic carbocycles. The molecule has 1 aromatic carbocycles. The molecule has 0 radical (unpaired) electrons. The topological polar surface area (TPSA) is 80.4 Å². The zero-order valence-electron chi connectivity index (χ0n) is 14.2. The Morgan fingerprint density at radius 1 is 1.40 bits per heavy atom. The van der Waals surface area contributed by atoms with E-state index in [-0.39, 0.29) is 0 Å². The summed E-state index contributed by atoms with van der Waals surface area (Å²) in [6.07, 6.45) is 4.75. The third kappa shape index (κ3) is 4.48. The molecule has 8 nitrogen and oxygen atoms in total. The van der Waals surface area contributed by atoms with E-state index in [0.29, 0.717) is 25.0 Å². The summed E-state index contributed by atoms with van der Waals surface area (Å²) < 4.78 is 10.5. The molecule has 0 saturated carbocycles. The Labute approximate surface area is 146 Å². The minimum absolute atomic E-state index is 0.390. The van der Waals surface area contributed by atoms with Crippen molar-refractivity contribution in [2.45, 2.75) is 6.42 Å². The fraction of sp³-hybridized carbons (Fsp3) is 0.471. The van der Waals surface area contributed by atoms with Crippen molar-refractivity contribution in [2.75, 3.05) is 40.0 Å². The molecule has 0 spiro atoms. The first-order valence-corrected chi connectivity index (χ1v) is 8.30. The van der Waals surface area contributed by atoms with Crippen LogP contribution in [0.2, 0.25) is 0 Å². The summed E-state index contributed by atoms with van der Waals surface area (Å²) >= 11 is 0. The van der Waals surface area contributed by atoms with E-state index in [9.17, 15) is 10.1 Å². The molecule has 3 rings (SSSR count). The molecule has 1 atom stereocenters.